The van der Waals surface area contributed by atoms with Crippen LogP contribution < -0.4 is 25.4 Å². The molecule has 0 radical (unpaired) electrons. The third-order valence-electron chi connectivity index (χ3n) is 3.73. The second kappa shape index (κ2) is 11.2. The molecule has 0 fully saturated rings. The number of carbonyl (C=O) groups excluding carboxylic acids is 3. The Morgan fingerprint density at radius 2 is 1.59 bits per heavy atom. The van der Waals surface area contributed by atoms with Crippen molar-refractivity contribution in [2.45, 2.75) is 6.61 Å². The first-order chi connectivity index (χ1) is 14.0. The highest BCUT2D eigenvalue weighted by molar-refractivity contribution is 5.96. The monoisotopic (exact) mass is 401 g/mol. The van der Waals surface area contributed by atoms with Crippen molar-refractivity contribution in [3.05, 3.63) is 54.1 Å². The number of nitrogens with one attached hydrogen (secondary N) is 3. The summed E-state index contributed by atoms with van der Waals surface area (Å²) in [6, 6.07) is 14.1. The van der Waals surface area contributed by atoms with Crippen LogP contribution in [0.15, 0.2) is 48.5 Å². The van der Waals surface area contributed by atoms with Gasteiger partial charge in [-0.1, -0.05) is 30.3 Å². The number of rotatable bonds is 9. The molecule has 0 saturated heterocycles. The number of amides is 3. The molecule has 0 saturated carbocycles. The largest absolute Gasteiger partial charge is 0.497 e. The lowest BCUT2D eigenvalue weighted by atomic mass is 10.2. The van der Waals surface area contributed by atoms with Crippen molar-refractivity contribution in [2.24, 2.45) is 0 Å². The Kier molecular flexibility index (Phi) is 8.30. The van der Waals surface area contributed by atoms with E-state index in [9.17, 15) is 14.4 Å². The smallest absolute Gasteiger partial charge is 0.407 e. The number of alkyl carbamates (subject to hydrolysis) is 1. The molecule has 2 rings (SSSR count). The number of anilines is 1. The third-order valence-corrected chi connectivity index (χ3v) is 3.73. The van der Waals surface area contributed by atoms with Crippen molar-refractivity contribution in [3.63, 3.8) is 0 Å². The van der Waals surface area contributed by atoms with Gasteiger partial charge in [0.2, 0.25) is 11.8 Å². The van der Waals surface area contributed by atoms with Gasteiger partial charge in [-0.3, -0.25) is 9.59 Å². The Balaban J connectivity index is 1.70. The molecule has 0 spiro atoms. The van der Waals surface area contributed by atoms with E-state index in [0.717, 1.165) is 5.56 Å². The van der Waals surface area contributed by atoms with Crippen molar-refractivity contribution in [2.75, 3.05) is 32.6 Å². The van der Waals surface area contributed by atoms with Crippen LogP contribution >= 0.6 is 0 Å². The molecule has 154 valence electrons. The van der Waals surface area contributed by atoms with Gasteiger partial charge in [0.15, 0.2) is 0 Å². The van der Waals surface area contributed by atoms with Crippen molar-refractivity contribution in [3.8, 4) is 11.5 Å². The molecule has 0 atom stereocenters. The standard InChI is InChI=1S/C20H23N3O6/c1-27-15-8-9-17(28-2)16(10-15)23-19(25)12-21-18(24)11-22-20(26)29-13-14-6-4-3-5-7-14/h3-10H,11-13H2,1-2H3,(H,21,24)(H,22,26)(H,23,25). The minimum absolute atomic E-state index is 0.0963. The van der Waals surface area contributed by atoms with Gasteiger partial charge in [-0.25, -0.2) is 4.79 Å². The van der Waals surface area contributed by atoms with E-state index in [1.807, 2.05) is 30.3 Å². The minimum Gasteiger partial charge on any atom is -0.497 e. The van der Waals surface area contributed by atoms with E-state index >= 15 is 0 Å². The maximum absolute atomic E-state index is 12.0. The Hall–Kier alpha value is -3.75. The predicted molar refractivity (Wildman–Crippen MR) is 106 cm³/mol. The molecule has 9 nitrogen and oxygen atoms in total. The van der Waals surface area contributed by atoms with Crippen LogP contribution in [0.5, 0.6) is 11.5 Å². The van der Waals surface area contributed by atoms with Crippen LogP contribution in [-0.4, -0.2) is 45.2 Å². The summed E-state index contributed by atoms with van der Waals surface area (Å²) in [7, 11) is 2.98. The third kappa shape index (κ3) is 7.41. The highest BCUT2D eigenvalue weighted by atomic mass is 16.5. The number of benzene rings is 2. The molecule has 9 heteroatoms. The van der Waals surface area contributed by atoms with E-state index in [4.69, 9.17) is 14.2 Å². The zero-order valence-corrected chi connectivity index (χ0v) is 16.2. The Labute approximate surface area is 168 Å². The molecule has 0 aliphatic carbocycles. The lowest BCUT2D eigenvalue weighted by Crippen LogP contribution is -2.40. The van der Waals surface area contributed by atoms with Crippen LogP contribution in [0, 0.1) is 0 Å². The van der Waals surface area contributed by atoms with Crippen molar-refractivity contribution in [1.29, 1.82) is 0 Å². The molecular formula is C20H23N3O6. The highest BCUT2D eigenvalue weighted by Gasteiger charge is 2.11. The van der Waals surface area contributed by atoms with Crippen LogP contribution in [0.2, 0.25) is 0 Å². The summed E-state index contributed by atoms with van der Waals surface area (Å²) in [6.07, 6.45) is -0.727. The van der Waals surface area contributed by atoms with E-state index in [1.54, 1.807) is 18.2 Å². The first-order valence-corrected chi connectivity index (χ1v) is 8.75. The SMILES string of the molecule is COc1ccc(OC)c(NC(=O)CNC(=O)CNC(=O)OCc2ccccc2)c1. The van der Waals surface area contributed by atoms with Crippen molar-refractivity contribution < 1.29 is 28.6 Å². The Bertz CT molecular complexity index is 841. The quantitative estimate of drug-likeness (QED) is 0.589. The molecule has 3 N–H and O–H groups in total. The minimum atomic E-state index is -0.727. The van der Waals surface area contributed by atoms with E-state index in [1.165, 1.54) is 14.2 Å². The summed E-state index contributed by atoms with van der Waals surface area (Å²) >= 11 is 0. The lowest BCUT2D eigenvalue weighted by molar-refractivity contribution is -0.123. The van der Waals surface area contributed by atoms with Gasteiger partial charge in [-0.15, -0.1) is 0 Å². The summed E-state index contributed by atoms with van der Waals surface area (Å²) in [6.45, 7) is -0.498. The maximum Gasteiger partial charge on any atom is 0.407 e. The van der Waals surface area contributed by atoms with Crippen molar-refractivity contribution in [1.82, 2.24) is 10.6 Å². The fraction of sp³-hybridized carbons (Fsp3) is 0.250. The molecule has 29 heavy (non-hydrogen) atoms. The average Bonchev–Trinajstić information content (AvgIpc) is 2.75. The number of carbonyl (C=O) groups is 3. The lowest BCUT2D eigenvalue weighted by Gasteiger charge is -2.12. The summed E-state index contributed by atoms with van der Waals surface area (Å²) < 4.78 is 15.3. The van der Waals surface area contributed by atoms with Gasteiger partial charge in [0.1, 0.15) is 24.7 Å². The molecule has 0 aliphatic rings. The highest BCUT2D eigenvalue weighted by Crippen LogP contribution is 2.28. The fourth-order valence-corrected chi connectivity index (χ4v) is 2.27. The first kappa shape index (κ1) is 21.5. The molecule has 0 aliphatic heterocycles. The maximum atomic E-state index is 12.0. The van der Waals surface area contributed by atoms with E-state index in [0.29, 0.717) is 17.2 Å². The van der Waals surface area contributed by atoms with Gasteiger partial charge >= 0.3 is 6.09 Å². The first-order valence-electron chi connectivity index (χ1n) is 8.75. The van der Waals surface area contributed by atoms with Crippen LogP contribution in [0.3, 0.4) is 0 Å². The number of methoxy groups -OCH3 is 2. The number of hydrogen-bond donors (Lipinski definition) is 3. The van der Waals surface area contributed by atoms with Crippen LogP contribution in [0.25, 0.3) is 0 Å². The van der Waals surface area contributed by atoms with Gasteiger partial charge in [-0.2, -0.15) is 0 Å². The zero-order chi connectivity index (χ0) is 21.1. The molecule has 0 unspecified atom stereocenters. The molecule has 0 heterocycles. The summed E-state index contributed by atoms with van der Waals surface area (Å²) in [5.74, 6) is 0.00244. The van der Waals surface area contributed by atoms with Crippen LogP contribution in [-0.2, 0) is 20.9 Å². The molecule has 2 aromatic carbocycles. The molecule has 2 aromatic rings. The van der Waals surface area contributed by atoms with Crippen LogP contribution in [0.4, 0.5) is 10.5 Å². The fourth-order valence-electron chi connectivity index (χ4n) is 2.27. The van der Waals surface area contributed by atoms with Gasteiger partial charge in [-0.05, 0) is 17.7 Å². The predicted octanol–water partition coefficient (Wildman–Crippen LogP) is 1.68. The van der Waals surface area contributed by atoms with Gasteiger partial charge < -0.3 is 30.2 Å². The second-order valence-electron chi connectivity index (χ2n) is 5.81. The van der Waals surface area contributed by atoms with Gasteiger partial charge in [0.25, 0.3) is 0 Å². The zero-order valence-electron chi connectivity index (χ0n) is 16.2. The summed E-state index contributed by atoms with van der Waals surface area (Å²) in [4.78, 5) is 35.5. The molecular weight excluding hydrogens is 378 g/mol. The second-order valence-corrected chi connectivity index (χ2v) is 5.81. The number of ether oxygens (including phenoxy) is 3. The summed E-state index contributed by atoms with van der Waals surface area (Å²) in [5, 5.41) is 7.35. The molecule has 0 aromatic heterocycles. The Morgan fingerprint density at radius 1 is 0.862 bits per heavy atom. The molecule has 0 bridgehead atoms. The number of hydrogen-bond acceptors (Lipinski definition) is 6. The normalized spacial score (nSPS) is 9.86. The van der Waals surface area contributed by atoms with Gasteiger partial charge in [0, 0.05) is 6.07 Å². The van der Waals surface area contributed by atoms with Crippen molar-refractivity contribution >= 4 is 23.6 Å². The van der Waals surface area contributed by atoms with Gasteiger partial charge in [0.05, 0.1) is 26.5 Å². The average molecular weight is 401 g/mol. The van der Waals surface area contributed by atoms with E-state index < -0.39 is 17.9 Å². The van der Waals surface area contributed by atoms with E-state index in [-0.39, 0.29) is 19.7 Å². The van der Waals surface area contributed by atoms with E-state index in [2.05, 4.69) is 16.0 Å². The van der Waals surface area contributed by atoms with Crippen LogP contribution in [0.1, 0.15) is 5.56 Å². The molecule has 3 amide bonds. The Morgan fingerprint density at radius 3 is 2.28 bits per heavy atom. The topological polar surface area (TPSA) is 115 Å². The summed E-state index contributed by atoms with van der Waals surface area (Å²) in [5.41, 5.74) is 1.24.